The van der Waals surface area contributed by atoms with Gasteiger partial charge in [-0.25, -0.2) is 0 Å². The van der Waals surface area contributed by atoms with Crippen LogP contribution in [0.2, 0.25) is 0 Å². The predicted molar refractivity (Wildman–Crippen MR) is 102 cm³/mol. The van der Waals surface area contributed by atoms with E-state index in [2.05, 4.69) is 21.2 Å². The third-order valence-corrected chi connectivity index (χ3v) is 4.09. The summed E-state index contributed by atoms with van der Waals surface area (Å²) in [6.07, 6.45) is 0.835. The maximum absolute atomic E-state index is 12.0. The number of hydrogen-bond acceptors (Lipinski definition) is 7. The van der Waals surface area contributed by atoms with E-state index in [4.69, 9.17) is 18.6 Å². The summed E-state index contributed by atoms with van der Waals surface area (Å²) >= 11 is 3.25. The molecule has 0 atom stereocenters. The SMILES string of the molecule is COc1ccc(OC)c(-c2oc(NC(=O)CCCBr)c(OC(C)=O)c2O)c1. The molecule has 2 aromatic rings. The number of halogens is 1. The summed E-state index contributed by atoms with van der Waals surface area (Å²) in [7, 11) is 2.95. The van der Waals surface area contributed by atoms with Gasteiger partial charge < -0.3 is 23.7 Å². The second kappa shape index (κ2) is 9.31. The zero-order chi connectivity index (χ0) is 20.0. The summed E-state index contributed by atoms with van der Waals surface area (Å²) < 4.78 is 21.1. The highest BCUT2D eigenvalue weighted by molar-refractivity contribution is 9.09. The van der Waals surface area contributed by atoms with Crippen LogP contribution >= 0.6 is 15.9 Å². The first-order valence-electron chi connectivity index (χ1n) is 8.03. The van der Waals surface area contributed by atoms with Crippen LogP contribution in [0, 0.1) is 0 Å². The molecule has 9 heteroatoms. The number of carbonyl (C=O) groups excluding carboxylic acids is 2. The van der Waals surface area contributed by atoms with Crippen LogP contribution in [0.4, 0.5) is 5.88 Å². The number of hydrogen-bond donors (Lipinski definition) is 2. The molecule has 0 aliphatic carbocycles. The number of benzene rings is 1. The maximum atomic E-state index is 12.0. The van der Waals surface area contributed by atoms with E-state index in [0.717, 1.165) is 0 Å². The number of ether oxygens (including phenoxy) is 3. The van der Waals surface area contributed by atoms with Gasteiger partial charge in [0.1, 0.15) is 11.5 Å². The van der Waals surface area contributed by atoms with Gasteiger partial charge in [0, 0.05) is 18.7 Å². The van der Waals surface area contributed by atoms with Gasteiger partial charge in [-0.15, -0.1) is 0 Å². The molecule has 0 bridgehead atoms. The first-order chi connectivity index (χ1) is 12.9. The molecule has 0 fully saturated rings. The van der Waals surface area contributed by atoms with Crippen LogP contribution in [-0.2, 0) is 9.59 Å². The molecule has 0 aliphatic heterocycles. The number of furan rings is 1. The number of amides is 1. The standard InChI is InChI=1S/C18H20BrNO7/c1-10(21)26-17-15(23)16(27-18(17)20-14(22)5-4-8-19)12-9-11(24-2)6-7-13(12)25-3/h6-7,9,23H,4-5,8H2,1-3H3,(H,20,22). The first-order valence-corrected chi connectivity index (χ1v) is 9.15. The summed E-state index contributed by atoms with van der Waals surface area (Å²) in [6.45, 7) is 1.18. The van der Waals surface area contributed by atoms with Crippen molar-refractivity contribution in [1.29, 1.82) is 0 Å². The summed E-state index contributed by atoms with van der Waals surface area (Å²) in [5.41, 5.74) is 0.365. The van der Waals surface area contributed by atoms with Crippen LogP contribution in [-0.4, -0.2) is 36.5 Å². The maximum Gasteiger partial charge on any atom is 0.308 e. The number of methoxy groups -OCH3 is 2. The lowest BCUT2D eigenvalue weighted by Gasteiger charge is -2.08. The fraction of sp³-hybridized carbons (Fsp3) is 0.333. The number of esters is 1. The van der Waals surface area contributed by atoms with E-state index in [9.17, 15) is 14.7 Å². The number of anilines is 1. The van der Waals surface area contributed by atoms with Gasteiger partial charge in [-0.3, -0.25) is 14.9 Å². The van der Waals surface area contributed by atoms with Crippen molar-refractivity contribution in [2.45, 2.75) is 19.8 Å². The van der Waals surface area contributed by atoms with Crippen molar-refractivity contribution in [3.05, 3.63) is 18.2 Å². The molecule has 2 N–H and O–H groups in total. The zero-order valence-electron chi connectivity index (χ0n) is 15.1. The molecular weight excluding hydrogens is 422 g/mol. The van der Waals surface area contributed by atoms with Crippen molar-refractivity contribution in [3.8, 4) is 34.3 Å². The fourth-order valence-corrected chi connectivity index (χ4v) is 2.60. The average Bonchev–Trinajstić information content (AvgIpc) is 2.94. The van der Waals surface area contributed by atoms with Gasteiger partial charge in [0.2, 0.25) is 23.3 Å². The molecule has 146 valence electrons. The predicted octanol–water partition coefficient (Wildman–Crippen LogP) is 3.71. The van der Waals surface area contributed by atoms with Gasteiger partial charge >= 0.3 is 5.97 Å². The van der Waals surface area contributed by atoms with E-state index in [-0.39, 0.29) is 29.7 Å². The Kier molecular flexibility index (Phi) is 7.12. The van der Waals surface area contributed by atoms with E-state index in [0.29, 0.717) is 28.8 Å². The number of carbonyl (C=O) groups is 2. The van der Waals surface area contributed by atoms with E-state index >= 15 is 0 Å². The van der Waals surface area contributed by atoms with Crippen LogP contribution in [0.25, 0.3) is 11.3 Å². The van der Waals surface area contributed by atoms with Crippen LogP contribution in [0.3, 0.4) is 0 Å². The highest BCUT2D eigenvalue weighted by Gasteiger charge is 2.27. The Bertz CT molecular complexity index is 831. The van der Waals surface area contributed by atoms with Crippen molar-refractivity contribution < 1.29 is 33.3 Å². The Balaban J connectivity index is 2.52. The topological polar surface area (TPSA) is 107 Å². The van der Waals surface area contributed by atoms with Crippen molar-refractivity contribution in [2.75, 3.05) is 24.9 Å². The van der Waals surface area contributed by atoms with E-state index in [1.54, 1.807) is 18.2 Å². The Labute approximate surface area is 164 Å². The first kappa shape index (κ1) is 20.6. The van der Waals surface area contributed by atoms with Crippen molar-refractivity contribution >= 4 is 33.7 Å². The third-order valence-electron chi connectivity index (χ3n) is 3.53. The van der Waals surface area contributed by atoms with Crippen molar-refractivity contribution in [1.82, 2.24) is 0 Å². The minimum absolute atomic E-state index is 0.0298. The molecule has 0 saturated carbocycles. The lowest BCUT2D eigenvalue weighted by Crippen LogP contribution is -2.12. The Morgan fingerprint density at radius 2 is 2.00 bits per heavy atom. The molecule has 0 saturated heterocycles. The number of alkyl halides is 1. The Hall–Kier alpha value is -2.68. The highest BCUT2D eigenvalue weighted by atomic mass is 79.9. The normalized spacial score (nSPS) is 10.4. The quantitative estimate of drug-likeness (QED) is 0.474. The minimum atomic E-state index is -0.675. The molecule has 0 unspecified atom stereocenters. The molecule has 1 heterocycles. The van der Waals surface area contributed by atoms with Crippen LogP contribution < -0.4 is 19.5 Å². The molecule has 0 aliphatic rings. The minimum Gasteiger partial charge on any atom is -0.502 e. The highest BCUT2D eigenvalue weighted by Crippen LogP contribution is 2.49. The summed E-state index contributed by atoms with van der Waals surface area (Å²) in [4.78, 5) is 23.4. The second-order valence-corrected chi connectivity index (χ2v) is 6.23. The molecule has 0 radical (unpaired) electrons. The second-order valence-electron chi connectivity index (χ2n) is 5.44. The van der Waals surface area contributed by atoms with E-state index in [1.807, 2.05) is 0 Å². The van der Waals surface area contributed by atoms with E-state index < -0.39 is 11.7 Å². The molecular formula is C18H20BrNO7. The molecule has 8 nitrogen and oxygen atoms in total. The van der Waals surface area contributed by atoms with Crippen LogP contribution in [0.5, 0.6) is 23.0 Å². The fourth-order valence-electron chi connectivity index (χ4n) is 2.32. The average molecular weight is 442 g/mol. The van der Waals surface area contributed by atoms with Crippen LogP contribution in [0.1, 0.15) is 19.8 Å². The van der Waals surface area contributed by atoms with Crippen LogP contribution in [0.15, 0.2) is 22.6 Å². The number of aromatic hydroxyl groups is 1. The van der Waals surface area contributed by atoms with Crippen molar-refractivity contribution in [2.24, 2.45) is 0 Å². The summed E-state index contributed by atoms with van der Waals surface area (Å²) in [5, 5.41) is 13.7. The molecule has 1 amide bonds. The monoisotopic (exact) mass is 441 g/mol. The molecule has 1 aromatic heterocycles. The number of nitrogens with one attached hydrogen (secondary N) is 1. The van der Waals surface area contributed by atoms with Gasteiger partial charge in [-0.2, -0.15) is 0 Å². The largest absolute Gasteiger partial charge is 0.502 e. The summed E-state index contributed by atoms with van der Waals surface area (Å²) in [5.74, 6) is -1.03. The van der Waals surface area contributed by atoms with Gasteiger partial charge in [0.25, 0.3) is 0 Å². The van der Waals surface area contributed by atoms with Gasteiger partial charge in [-0.1, -0.05) is 15.9 Å². The van der Waals surface area contributed by atoms with Gasteiger partial charge in [-0.05, 0) is 24.6 Å². The zero-order valence-corrected chi connectivity index (χ0v) is 16.7. The van der Waals surface area contributed by atoms with E-state index in [1.165, 1.54) is 21.1 Å². The van der Waals surface area contributed by atoms with Gasteiger partial charge in [0.05, 0.1) is 19.8 Å². The lowest BCUT2D eigenvalue weighted by molar-refractivity contribution is -0.132. The third kappa shape index (κ3) is 4.94. The van der Waals surface area contributed by atoms with Crippen molar-refractivity contribution in [3.63, 3.8) is 0 Å². The Morgan fingerprint density at radius 1 is 1.26 bits per heavy atom. The molecule has 1 aromatic carbocycles. The smallest absolute Gasteiger partial charge is 0.308 e. The van der Waals surface area contributed by atoms with Gasteiger partial charge in [0.15, 0.2) is 5.76 Å². The molecule has 2 rings (SSSR count). The number of rotatable bonds is 8. The molecule has 27 heavy (non-hydrogen) atoms. The summed E-state index contributed by atoms with van der Waals surface area (Å²) in [6, 6.07) is 4.90. The molecule has 0 spiro atoms. The Morgan fingerprint density at radius 3 is 2.59 bits per heavy atom. The lowest BCUT2D eigenvalue weighted by atomic mass is 10.1.